The zero-order valence-corrected chi connectivity index (χ0v) is 11.1. The number of aryl methyl sites for hydroxylation is 1. The highest BCUT2D eigenvalue weighted by Crippen LogP contribution is 2.23. The molecule has 0 unspecified atom stereocenters. The second-order valence-electron chi connectivity index (χ2n) is 4.09. The van der Waals surface area contributed by atoms with Gasteiger partial charge in [-0.15, -0.1) is 0 Å². The lowest BCUT2D eigenvalue weighted by Gasteiger charge is -2.08. The Kier molecular flexibility index (Phi) is 4.36. The minimum absolute atomic E-state index is 0.0194. The minimum Gasteiger partial charge on any atom is -0.497 e. The summed E-state index contributed by atoms with van der Waals surface area (Å²) in [6.45, 7) is 2.00. The van der Waals surface area contributed by atoms with Gasteiger partial charge in [0.15, 0.2) is 0 Å². The third-order valence-electron chi connectivity index (χ3n) is 2.74. The Morgan fingerprint density at radius 2 is 1.79 bits per heavy atom. The van der Waals surface area contributed by atoms with Gasteiger partial charge in [0.05, 0.1) is 13.7 Å². The van der Waals surface area contributed by atoms with E-state index in [1.807, 2.05) is 37.3 Å². The van der Waals surface area contributed by atoms with Gasteiger partial charge in [0, 0.05) is 11.8 Å². The van der Waals surface area contributed by atoms with Crippen LogP contribution in [0.2, 0.25) is 0 Å². The van der Waals surface area contributed by atoms with E-state index in [-0.39, 0.29) is 6.61 Å². The van der Waals surface area contributed by atoms with Crippen molar-refractivity contribution in [3.8, 4) is 17.4 Å². The number of rotatable bonds is 5. The molecule has 1 aromatic carbocycles. The molecule has 0 radical (unpaired) electrons. The maximum absolute atomic E-state index is 9.22. The normalized spacial score (nSPS) is 10.3. The molecular formula is C15H17NO3. The van der Waals surface area contributed by atoms with Crippen LogP contribution in [0.5, 0.6) is 17.4 Å². The van der Waals surface area contributed by atoms with E-state index in [4.69, 9.17) is 9.47 Å². The molecule has 0 spiro atoms. The van der Waals surface area contributed by atoms with Crippen molar-refractivity contribution >= 4 is 0 Å². The predicted molar refractivity (Wildman–Crippen MR) is 72.6 cm³/mol. The Morgan fingerprint density at radius 1 is 1.11 bits per heavy atom. The summed E-state index contributed by atoms with van der Waals surface area (Å²) in [5, 5.41) is 9.22. The van der Waals surface area contributed by atoms with E-state index in [1.165, 1.54) is 0 Å². The molecule has 19 heavy (non-hydrogen) atoms. The highest BCUT2D eigenvalue weighted by molar-refractivity contribution is 5.34. The van der Waals surface area contributed by atoms with Crippen LogP contribution in [0.4, 0.5) is 0 Å². The number of aromatic nitrogens is 1. The summed E-state index contributed by atoms with van der Waals surface area (Å²) in [7, 11) is 1.62. The van der Waals surface area contributed by atoms with Crippen LogP contribution in [0.15, 0.2) is 36.4 Å². The molecule has 100 valence electrons. The maximum atomic E-state index is 9.22. The first-order chi connectivity index (χ1) is 9.25. The van der Waals surface area contributed by atoms with Crippen LogP contribution in [0, 0.1) is 0 Å². The molecule has 0 aliphatic heterocycles. The van der Waals surface area contributed by atoms with Gasteiger partial charge in [-0.2, -0.15) is 0 Å². The Morgan fingerprint density at radius 3 is 2.37 bits per heavy atom. The van der Waals surface area contributed by atoms with Crippen LogP contribution in [-0.4, -0.2) is 17.2 Å². The van der Waals surface area contributed by atoms with Gasteiger partial charge in [-0.3, -0.25) is 0 Å². The molecule has 0 saturated heterocycles. The Balaban J connectivity index is 2.21. The van der Waals surface area contributed by atoms with E-state index >= 15 is 0 Å². The van der Waals surface area contributed by atoms with Crippen molar-refractivity contribution in [3.05, 3.63) is 47.7 Å². The van der Waals surface area contributed by atoms with Gasteiger partial charge < -0.3 is 14.6 Å². The standard InChI is InChI=1S/C15H17NO3/c1-3-12-8-11(10-17)9-15(16-12)19-14-6-4-13(18-2)5-7-14/h4-9,17H,3,10H2,1-2H3. The predicted octanol–water partition coefficient (Wildman–Crippen LogP) is 2.94. The first-order valence-corrected chi connectivity index (χ1v) is 6.17. The molecule has 0 fully saturated rings. The molecule has 0 bridgehead atoms. The molecule has 0 saturated carbocycles. The zero-order chi connectivity index (χ0) is 13.7. The monoisotopic (exact) mass is 259 g/mol. The molecular weight excluding hydrogens is 242 g/mol. The van der Waals surface area contributed by atoms with E-state index in [9.17, 15) is 5.11 Å². The van der Waals surface area contributed by atoms with E-state index in [2.05, 4.69) is 4.98 Å². The lowest BCUT2D eigenvalue weighted by molar-refractivity contribution is 0.281. The number of aliphatic hydroxyl groups excluding tert-OH is 1. The zero-order valence-electron chi connectivity index (χ0n) is 11.1. The summed E-state index contributed by atoms with van der Waals surface area (Å²) in [6.07, 6.45) is 0.798. The smallest absolute Gasteiger partial charge is 0.219 e. The number of hydrogen-bond acceptors (Lipinski definition) is 4. The molecule has 1 aromatic heterocycles. The quantitative estimate of drug-likeness (QED) is 0.897. The maximum Gasteiger partial charge on any atom is 0.219 e. The van der Waals surface area contributed by atoms with Crippen molar-refractivity contribution in [2.45, 2.75) is 20.0 Å². The number of pyridine rings is 1. The second kappa shape index (κ2) is 6.20. The van der Waals surface area contributed by atoms with Gasteiger partial charge in [0.1, 0.15) is 11.5 Å². The van der Waals surface area contributed by atoms with Crippen molar-refractivity contribution in [1.29, 1.82) is 0 Å². The lowest BCUT2D eigenvalue weighted by atomic mass is 10.2. The van der Waals surface area contributed by atoms with Gasteiger partial charge in [0.25, 0.3) is 0 Å². The molecule has 4 heteroatoms. The number of ether oxygens (including phenoxy) is 2. The summed E-state index contributed by atoms with van der Waals surface area (Å²) < 4.78 is 10.8. The number of methoxy groups -OCH3 is 1. The highest BCUT2D eigenvalue weighted by atomic mass is 16.5. The van der Waals surface area contributed by atoms with Crippen LogP contribution in [0.1, 0.15) is 18.2 Å². The molecule has 1 heterocycles. The summed E-state index contributed by atoms with van der Waals surface area (Å²) >= 11 is 0. The van der Waals surface area contributed by atoms with Crippen LogP contribution < -0.4 is 9.47 Å². The van der Waals surface area contributed by atoms with Gasteiger partial charge >= 0.3 is 0 Å². The van der Waals surface area contributed by atoms with Crippen molar-refractivity contribution in [2.24, 2.45) is 0 Å². The summed E-state index contributed by atoms with van der Waals surface area (Å²) in [5.74, 6) is 1.96. The van der Waals surface area contributed by atoms with Crippen LogP contribution in [0.3, 0.4) is 0 Å². The van der Waals surface area contributed by atoms with Crippen LogP contribution >= 0.6 is 0 Å². The SMILES string of the molecule is CCc1cc(CO)cc(Oc2ccc(OC)cc2)n1. The van der Waals surface area contributed by atoms with Crippen LogP contribution in [0.25, 0.3) is 0 Å². The van der Waals surface area contributed by atoms with E-state index in [0.29, 0.717) is 11.6 Å². The van der Waals surface area contributed by atoms with Gasteiger partial charge in [0.2, 0.25) is 5.88 Å². The molecule has 0 atom stereocenters. The average molecular weight is 259 g/mol. The Hall–Kier alpha value is -2.07. The topological polar surface area (TPSA) is 51.6 Å². The van der Waals surface area contributed by atoms with E-state index < -0.39 is 0 Å². The number of benzene rings is 1. The molecule has 4 nitrogen and oxygen atoms in total. The van der Waals surface area contributed by atoms with Crippen molar-refractivity contribution in [1.82, 2.24) is 4.98 Å². The lowest BCUT2D eigenvalue weighted by Crippen LogP contribution is -1.96. The minimum atomic E-state index is -0.0194. The molecule has 2 aromatic rings. The fourth-order valence-corrected chi connectivity index (χ4v) is 1.71. The van der Waals surface area contributed by atoms with Crippen molar-refractivity contribution in [2.75, 3.05) is 7.11 Å². The first-order valence-electron chi connectivity index (χ1n) is 6.17. The fourth-order valence-electron chi connectivity index (χ4n) is 1.71. The molecule has 0 aliphatic carbocycles. The third-order valence-corrected chi connectivity index (χ3v) is 2.74. The number of aliphatic hydroxyl groups is 1. The van der Waals surface area contributed by atoms with Crippen LogP contribution in [-0.2, 0) is 13.0 Å². The molecule has 0 aliphatic rings. The second-order valence-corrected chi connectivity index (χ2v) is 4.09. The third kappa shape index (κ3) is 3.45. The highest BCUT2D eigenvalue weighted by Gasteiger charge is 2.04. The Labute approximate surface area is 112 Å². The first kappa shape index (κ1) is 13.4. The average Bonchev–Trinajstić information content (AvgIpc) is 2.47. The van der Waals surface area contributed by atoms with Crippen molar-refractivity contribution < 1.29 is 14.6 Å². The summed E-state index contributed by atoms with van der Waals surface area (Å²) in [6, 6.07) is 10.9. The summed E-state index contributed by atoms with van der Waals surface area (Å²) in [5.41, 5.74) is 1.70. The van der Waals surface area contributed by atoms with E-state index in [1.54, 1.807) is 13.2 Å². The van der Waals surface area contributed by atoms with Gasteiger partial charge in [-0.25, -0.2) is 4.98 Å². The summed E-state index contributed by atoms with van der Waals surface area (Å²) in [4.78, 5) is 4.37. The number of nitrogens with zero attached hydrogens (tertiary/aromatic N) is 1. The van der Waals surface area contributed by atoms with Crippen molar-refractivity contribution in [3.63, 3.8) is 0 Å². The molecule has 0 amide bonds. The Bertz CT molecular complexity index is 515. The molecule has 1 N–H and O–H groups in total. The fraction of sp³-hybridized carbons (Fsp3) is 0.267. The van der Waals surface area contributed by atoms with Gasteiger partial charge in [-0.05, 0) is 42.3 Å². The number of hydrogen-bond donors (Lipinski definition) is 1. The van der Waals surface area contributed by atoms with Gasteiger partial charge in [-0.1, -0.05) is 6.92 Å². The largest absolute Gasteiger partial charge is 0.497 e. The van der Waals surface area contributed by atoms with E-state index in [0.717, 1.165) is 23.4 Å². The molecule has 2 rings (SSSR count).